The molecule has 0 aliphatic carbocycles. The van der Waals surface area contributed by atoms with E-state index in [2.05, 4.69) is 5.32 Å². The molecular weight excluding hydrogens is 511 g/mol. The fraction of sp³-hybridized carbons (Fsp3) is 0.567. The lowest BCUT2D eigenvalue weighted by molar-refractivity contribution is -0.135. The Morgan fingerprint density at radius 3 is 1.63 bits per heavy atom. The maximum absolute atomic E-state index is 12.4. The number of unbranched alkanes of at least 4 members (excludes halogenated alkanes) is 12. The number of carbonyl (C=O) groups excluding carboxylic acids is 1. The Labute approximate surface area is 226 Å². The summed E-state index contributed by atoms with van der Waals surface area (Å²) in [6, 6.07) is 15.0. The second-order valence-corrected chi connectivity index (χ2v) is 12.0. The predicted molar refractivity (Wildman–Crippen MR) is 148 cm³/mol. The van der Waals surface area contributed by atoms with Gasteiger partial charge in [-0.1, -0.05) is 88.8 Å². The SMILES string of the molecule is O=C(CS(=O)(=O)c1ccccc1)c1ccc(NCCCCCCCCCCCCCCCC(F)(F)F)cc1. The third-order valence-corrected chi connectivity index (χ3v) is 8.23. The quantitative estimate of drug-likeness (QED) is 0.131. The van der Waals surface area contributed by atoms with Crippen LogP contribution in [-0.4, -0.2) is 32.7 Å². The maximum Gasteiger partial charge on any atom is 0.389 e. The Kier molecular flexibility index (Phi) is 14.5. The molecule has 2 aromatic rings. The van der Waals surface area contributed by atoms with Gasteiger partial charge in [-0.25, -0.2) is 8.42 Å². The molecule has 0 atom stereocenters. The van der Waals surface area contributed by atoms with Gasteiger partial charge in [-0.15, -0.1) is 0 Å². The van der Waals surface area contributed by atoms with Gasteiger partial charge >= 0.3 is 6.18 Å². The largest absolute Gasteiger partial charge is 0.389 e. The molecule has 0 fully saturated rings. The lowest BCUT2D eigenvalue weighted by Gasteiger charge is -2.08. The third kappa shape index (κ3) is 14.0. The van der Waals surface area contributed by atoms with Gasteiger partial charge in [0, 0.05) is 24.2 Å². The number of halogens is 3. The fourth-order valence-corrected chi connectivity index (χ4v) is 5.62. The van der Waals surface area contributed by atoms with E-state index in [1.807, 2.05) is 12.1 Å². The van der Waals surface area contributed by atoms with Crippen molar-refractivity contribution < 1.29 is 26.4 Å². The highest BCUT2D eigenvalue weighted by molar-refractivity contribution is 7.92. The van der Waals surface area contributed by atoms with Gasteiger partial charge in [-0.3, -0.25) is 4.79 Å². The molecule has 1 N–H and O–H groups in total. The molecule has 212 valence electrons. The first-order valence-electron chi connectivity index (χ1n) is 13.9. The molecule has 0 heterocycles. The van der Waals surface area contributed by atoms with Crippen LogP contribution in [-0.2, 0) is 9.84 Å². The Balaban J connectivity index is 1.46. The Bertz CT molecular complexity index is 1020. The highest BCUT2D eigenvalue weighted by atomic mass is 32.2. The molecular formula is C30H42F3NO3S. The van der Waals surface area contributed by atoms with E-state index < -0.39 is 34.0 Å². The highest BCUT2D eigenvalue weighted by Gasteiger charge is 2.25. The van der Waals surface area contributed by atoms with Gasteiger partial charge in [-0.05, 0) is 49.2 Å². The lowest BCUT2D eigenvalue weighted by atomic mass is 10.0. The van der Waals surface area contributed by atoms with Crippen molar-refractivity contribution in [2.75, 3.05) is 17.6 Å². The summed E-state index contributed by atoms with van der Waals surface area (Å²) < 4.78 is 61.1. The molecule has 0 aromatic heterocycles. The van der Waals surface area contributed by atoms with Crippen LogP contribution in [0.5, 0.6) is 0 Å². The van der Waals surface area contributed by atoms with Crippen molar-refractivity contribution in [1.82, 2.24) is 0 Å². The van der Waals surface area contributed by atoms with Gasteiger partial charge in [-0.2, -0.15) is 13.2 Å². The minimum atomic E-state index is -4.01. The topological polar surface area (TPSA) is 63.2 Å². The van der Waals surface area contributed by atoms with Gasteiger partial charge in [0.2, 0.25) is 0 Å². The van der Waals surface area contributed by atoms with Crippen LogP contribution in [0.25, 0.3) is 0 Å². The number of benzene rings is 2. The number of anilines is 1. The van der Waals surface area contributed by atoms with Gasteiger partial charge in [0.25, 0.3) is 0 Å². The average Bonchev–Trinajstić information content (AvgIpc) is 2.88. The Morgan fingerprint density at radius 2 is 1.13 bits per heavy atom. The number of ketones is 1. The number of alkyl halides is 3. The first-order valence-corrected chi connectivity index (χ1v) is 15.5. The van der Waals surface area contributed by atoms with Crippen LogP contribution >= 0.6 is 0 Å². The molecule has 8 heteroatoms. The number of Topliss-reactive ketones (excluding diaryl/α,β-unsaturated/α-hetero) is 1. The maximum atomic E-state index is 12.4. The standard InChI is InChI=1S/C30H42F3NO3S/c31-30(32,33)23-15-10-8-6-4-2-1-3-5-7-9-11-16-24-34-27-21-19-26(20-22-27)29(35)25-38(36,37)28-17-13-12-14-18-28/h12-14,17-22,34H,1-11,15-16,23-25H2. The summed E-state index contributed by atoms with van der Waals surface area (Å²) in [6.45, 7) is 0.846. The molecule has 4 nitrogen and oxygen atoms in total. The number of carbonyl (C=O) groups is 1. The zero-order valence-electron chi connectivity index (χ0n) is 22.3. The van der Waals surface area contributed by atoms with E-state index in [1.165, 1.54) is 50.7 Å². The molecule has 2 rings (SSSR count). The smallest absolute Gasteiger partial charge is 0.385 e. The number of hydrogen-bond acceptors (Lipinski definition) is 4. The number of rotatable bonds is 20. The van der Waals surface area contributed by atoms with E-state index in [1.54, 1.807) is 30.3 Å². The van der Waals surface area contributed by atoms with Crippen LogP contribution in [0.3, 0.4) is 0 Å². The summed E-state index contributed by atoms with van der Waals surface area (Å²) >= 11 is 0. The van der Waals surface area contributed by atoms with Crippen molar-refractivity contribution in [2.24, 2.45) is 0 Å². The molecule has 0 radical (unpaired) electrons. The zero-order chi connectivity index (χ0) is 27.7. The van der Waals surface area contributed by atoms with Crippen LogP contribution in [0, 0.1) is 0 Å². The molecule has 0 aliphatic heterocycles. The van der Waals surface area contributed by atoms with Crippen LogP contribution in [0.2, 0.25) is 0 Å². The molecule has 0 amide bonds. The van der Waals surface area contributed by atoms with E-state index in [-0.39, 0.29) is 11.3 Å². The van der Waals surface area contributed by atoms with Gasteiger partial charge in [0.15, 0.2) is 15.6 Å². The summed E-state index contributed by atoms with van der Waals surface area (Å²) in [5.74, 6) is -0.960. The molecule has 0 saturated heterocycles. The average molecular weight is 554 g/mol. The van der Waals surface area contributed by atoms with Crippen LogP contribution < -0.4 is 5.32 Å². The zero-order valence-corrected chi connectivity index (χ0v) is 23.1. The van der Waals surface area contributed by atoms with Crippen molar-refractivity contribution in [3.05, 3.63) is 60.2 Å². The summed E-state index contributed by atoms with van der Waals surface area (Å²) in [4.78, 5) is 12.6. The van der Waals surface area contributed by atoms with Gasteiger partial charge in [0.1, 0.15) is 5.75 Å². The van der Waals surface area contributed by atoms with Crippen molar-refractivity contribution in [3.8, 4) is 0 Å². The molecule has 0 bridgehead atoms. The number of sulfone groups is 1. The second kappa shape index (κ2) is 17.3. The second-order valence-electron chi connectivity index (χ2n) is 9.96. The van der Waals surface area contributed by atoms with Crippen LogP contribution in [0.1, 0.15) is 100 Å². The first kappa shape index (κ1) is 31.9. The monoisotopic (exact) mass is 553 g/mol. The van der Waals surface area contributed by atoms with E-state index in [0.717, 1.165) is 44.3 Å². The minimum absolute atomic E-state index is 0.153. The van der Waals surface area contributed by atoms with Crippen molar-refractivity contribution >= 4 is 21.3 Å². The molecule has 2 aromatic carbocycles. The van der Waals surface area contributed by atoms with Crippen LogP contribution in [0.4, 0.5) is 18.9 Å². The highest BCUT2D eigenvalue weighted by Crippen LogP contribution is 2.23. The summed E-state index contributed by atoms with van der Waals surface area (Å²) in [7, 11) is -3.65. The number of hydrogen-bond donors (Lipinski definition) is 1. The summed E-state index contributed by atoms with van der Waals surface area (Å²) in [5, 5.41) is 3.35. The first-order chi connectivity index (χ1) is 18.2. The predicted octanol–water partition coefficient (Wildman–Crippen LogP) is 8.78. The van der Waals surface area contributed by atoms with Gasteiger partial charge in [0.05, 0.1) is 4.90 Å². The Hall–Kier alpha value is -2.35. The molecule has 0 aliphatic rings. The van der Waals surface area contributed by atoms with E-state index in [4.69, 9.17) is 0 Å². The Morgan fingerprint density at radius 1 is 0.658 bits per heavy atom. The molecule has 38 heavy (non-hydrogen) atoms. The minimum Gasteiger partial charge on any atom is -0.385 e. The van der Waals surface area contributed by atoms with Gasteiger partial charge < -0.3 is 5.32 Å². The number of nitrogens with one attached hydrogen (secondary N) is 1. The third-order valence-electron chi connectivity index (χ3n) is 6.60. The summed E-state index contributed by atoms with van der Waals surface area (Å²) in [6.07, 6.45) is 8.83. The normalized spacial score (nSPS) is 12.0. The van der Waals surface area contributed by atoms with E-state index in [9.17, 15) is 26.4 Å². The molecule has 0 spiro atoms. The van der Waals surface area contributed by atoms with Crippen molar-refractivity contribution in [3.63, 3.8) is 0 Å². The van der Waals surface area contributed by atoms with E-state index in [0.29, 0.717) is 12.0 Å². The van der Waals surface area contributed by atoms with E-state index >= 15 is 0 Å². The van der Waals surface area contributed by atoms with Crippen molar-refractivity contribution in [2.45, 2.75) is 101 Å². The fourth-order valence-electron chi connectivity index (χ4n) is 4.37. The molecule has 0 saturated carbocycles. The summed E-state index contributed by atoms with van der Waals surface area (Å²) in [5.41, 5.74) is 1.30. The van der Waals surface area contributed by atoms with Crippen molar-refractivity contribution in [1.29, 1.82) is 0 Å². The lowest BCUT2D eigenvalue weighted by Crippen LogP contribution is -2.16. The van der Waals surface area contributed by atoms with Crippen LogP contribution in [0.15, 0.2) is 59.5 Å². The molecule has 0 unspecified atom stereocenters.